The molecule has 0 saturated carbocycles. The van der Waals surface area contributed by atoms with Crippen LogP contribution in [0.5, 0.6) is 11.5 Å². The molecule has 4 rings (SSSR count). The summed E-state index contributed by atoms with van der Waals surface area (Å²) in [6, 6.07) is 20.1. The summed E-state index contributed by atoms with van der Waals surface area (Å²) in [5.41, 5.74) is 2.50. The Bertz CT molecular complexity index is 1250. The predicted octanol–water partition coefficient (Wildman–Crippen LogP) is 7.21. The highest BCUT2D eigenvalue weighted by Gasteiger charge is 2.35. The molecule has 0 radical (unpaired) electrons. The molecule has 3 aromatic rings. The lowest BCUT2D eigenvalue weighted by Crippen LogP contribution is -2.27. The van der Waals surface area contributed by atoms with Crippen molar-refractivity contribution in [1.29, 1.82) is 0 Å². The van der Waals surface area contributed by atoms with Gasteiger partial charge in [0.25, 0.3) is 11.1 Å². The topological polar surface area (TPSA) is 55.8 Å². The Morgan fingerprint density at radius 2 is 1.68 bits per heavy atom. The van der Waals surface area contributed by atoms with Gasteiger partial charge in [-0.1, -0.05) is 65.7 Å². The maximum absolute atomic E-state index is 12.9. The molecule has 34 heavy (non-hydrogen) atoms. The number of thioether (sulfide) groups is 1. The van der Waals surface area contributed by atoms with Crippen molar-refractivity contribution in [2.75, 3.05) is 6.61 Å². The molecule has 1 aliphatic heterocycles. The fourth-order valence-corrected chi connectivity index (χ4v) is 4.51. The zero-order valence-corrected chi connectivity index (χ0v) is 20.6. The van der Waals surface area contributed by atoms with Crippen molar-refractivity contribution in [3.8, 4) is 11.5 Å². The monoisotopic (exact) mass is 513 g/mol. The van der Waals surface area contributed by atoms with Crippen LogP contribution >= 0.6 is 35.0 Å². The number of amides is 2. The number of hydrogen-bond donors (Lipinski definition) is 0. The number of rotatable bonds is 8. The molecule has 8 heteroatoms. The third-order valence-corrected chi connectivity index (χ3v) is 6.65. The zero-order chi connectivity index (χ0) is 24.1. The van der Waals surface area contributed by atoms with Gasteiger partial charge in [0.2, 0.25) is 0 Å². The molecule has 0 aliphatic carbocycles. The zero-order valence-electron chi connectivity index (χ0n) is 18.3. The van der Waals surface area contributed by atoms with Gasteiger partial charge in [-0.15, -0.1) is 0 Å². The van der Waals surface area contributed by atoms with E-state index in [1.807, 2.05) is 49.4 Å². The van der Waals surface area contributed by atoms with Crippen LogP contribution in [0.15, 0.2) is 71.6 Å². The molecule has 5 nitrogen and oxygen atoms in total. The van der Waals surface area contributed by atoms with Crippen LogP contribution in [-0.2, 0) is 17.9 Å². The molecule has 1 aliphatic rings. The summed E-state index contributed by atoms with van der Waals surface area (Å²) < 4.78 is 11.7. The van der Waals surface area contributed by atoms with Crippen molar-refractivity contribution in [2.24, 2.45) is 0 Å². The first kappa shape index (κ1) is 24.2. The standard InChI is InChI=1S/C26H21Cl2NO4S/c1-2-32-23-13-18(9-11-22(23)33-16-19-8-10-20(27)21(28)12-19)14-24-25(30)29(26(31)34-24)15-17-6-4-3-5-7-17/h3-14H,2,15-16H2,1H3/b24-14-. The summed E-state index contributed by atoms with van der Waals surface area (Å²) in [6.45, 7) is 2.85. The van der Waals surface area contributed by atoms with Gasteiger partial charge in [-0.05, 0) is 65.7 Å². The van der Waals surface area contributed by atoms with Gasteiger partial charge >= 0.3 is 0 Å². The molecular formula is C26H21Cl2NO4S. The van der Waals surface area contributed by atoms with Gasteiger partial charge in [-0.25, -0.2) is 0 Å². The second-order valence-corrected chi connectivity index (χ2v) is 9.24. The Morgan fingerprint density at radius 1 is 0.882 bits per heavy atom. The molecule has 0 unspecified atom stereocenters. The number of benzene rings is 3. The number of imide groups is 1. The summed E-state index contributed by atoms with van der Waals surface area (Å²) in [6.07, 6.45) is 1.70. The van der Waals surface area contributed by atoms with E-state index in [-0.39, 0.29) is 24.3 Å². The van der Waals surface area contributed by atoms with Crippen LogP contribution < -0.4 is 9.47 Å². The van der Waals surface area contributed by atoms with Crippen molar-refractivity contribution < 1.29 is 19.1 Å². The molecule has 1 fully saturated rings. The molecule has 1 saturated heterocycles. The fourth-order valence-electron chi connectivity index (χ4n) is 3.35. The van der Waals surface area contributed by atoms with Crippen molar-refractivity contribution in [3.63, 3.8) is 0 Å². The second-order valence-electron chi connectivity index (χ2n) is 7.43. The molecule has 0 aromatic heterocycles. The first-order valence-electron chi connectivity index (χ1n) is 10.6. The molecule has 0 atom stereocenters. The Labute approximate surface area is 212 Å². The maximum atomic E-state index is 12.9. The van der Waals surface area contributed by atoms with Crippen LogP contribution in [0.3, 0.4) is 0 Å². The van der Waals surface area contributed by atoms with Gasteiger partial charge in [0.1, 0.15) is 6.61 Å². The third kappa shape index (κ3) is 5.76. The molecule has 0 bridgehead atoms. The van der Waals surface area contributed by atoms with Gasteiger partial charge in [0.05, 0.1) is 28.1 Å². The van der Waals surface area contributed by atoms with Gasteiger partial charge in [-0.2, -0.15) is 0 Å². The van der Waals surface area contributed by atoms with Gasteiger partial charge < -0.3 is 9.47 Å². The number of nitrogens with zero attached hydrogens (tertiary/aromatic N) is 1. The minimum Gasteiger partial charge on any atom is -0.490 e. The van der Waals surface area contributed by atoms with Gasteiger partial charge in [0, 0.05) is 0 Å². The van der Waals surface area contributed by atoms with Crippen molar-refractivity contribution in [1.82, 2.24) is 4.90 Å². The average molecular weight is 514 g/mol. The van der Waals surface area contributed by atoms with Crippen LogP contribution in [0.4, 0.5) is 4.79 Å². The number of halogens is 2. The highest BCUT2D eigenvalue weighted by Crippen LogP contribution is 2.35. The first-order valence-corrected chi connectivity index (χ1v) is 12.1. The van der Waals surface area contributed by atoms with E-state index < -0.39 is 0 Å². The molecule has 2 amide bonds. The van der Waals surface area contributed by atoms with Crippen LogP contribution in [-0.4, -0.2) is 22.7 Å². The highest BCUT2D eigenvalue weighted by molar-refractivity contribution is 8.18. The number of carbonyl (C=O) groups excluding carboxylic acids is 2. The van der Waals surface area contributed by atoms with E-state index in [2.05, 4.69) is 0 Å². The van der Waals surface area contributed by atoms with E-state index in [4.69, 9.17) is 32.7 Å². The Balaban J connectivity index is 1.50. The largest absolute Gasteiger partial charge is 0.490 e. The lowest BCUT2D eigenvalue weighted by molar-refractivity contribution is -0.123. The van der Waals surface area contributed by atoms with E-state index >= 15 is 0 Å². The van der Waals surface area contributed by atoms with Crippen LogP contribution in [0, 0.1) is 0 Å². The predicted molar refractivity (Wildman–Crippen MR) is 136 cm³/mol. The van der Waals surface area contributed by atoms with E-state index in [1.54, 1.807) is 30.3 Å². The van der Waals surface area contributed by atoms with Crippen molar-refractivity contribution >= 4 is 52.2 Å². The van der Waals surface area contributed by atoms with E-state index in [9.17, 15) is 9.59 Å². The quantitative estimate of drug-likeness (QED) is 0.298. The molecule has 0 N–H and O–H groups in total. The molecule has 174 valence electrons. The average Bonchev–Trinajstić information content (AvgIpc) is 3.09. The fraction of sp³-hybridized carbons (Fsp3) is 0.154. The second kappa shape index (κ2) is 11.0. The Morgan fingerprint density at radius 3 is 2.41 bits per heavy atom. The van der Waals surface area contributed by atoms with Crippen LogP contribution in [0.2, 0.25) is 10.0 Å². The molecule has 0 spiro atoms. The summed E-state index contributed by atoms with van der Waals surface area (Å²) in [5, 5.41) is 0.661. The van der Waals surface area contributed by atoms with E-state index in [1.165, 1.54) is 4.90 Å². The first-order chi connectivity index (χ1) is 16.4. The minimum absolute atomic E-state index is 0.245. The van der Waals surface area contributed by atoms with Crippen molar-refractivity contribution in [2.45, 2.75) is 20.1 Å². The highest BCUT2D eigenvalue weighted by atomic mass is 35.5. The van der Waals surface area contributed by atoms with Crippen LogP contribution in [0.25, 0.3) is 6.08 Å². The van der Waals surface area contributed by atoms with Crippen molar-refractivity contribution in [3.05, 3.63) is 98.4 Å². The van der Waals surface area contributed by atoms with Crippen LogP contribution in [0.1, 0.15) is 23.6 Å². The number of carbonyl (C=O) groups is 2. The Hall–Kier alpha value is -2.93. The van der Waals surface area contributed by atoms with Gasteiger partial charge in [-0.3, -0.25) is 14.5 Å². The Kier molecular flexibility index (Phi) is 7.83. The molecule has 3 aromatic carbocycles. The van der Waals surface area contributed by atoms with E-state index in [0.29, 0.717) is 33.1 Å². The molecular weight excluding hydrogens is 493 g/mol. The summed E-state index contributed by atoms with van der Waals surface area (Å²) in [5.74, 6) is 0.791. The summed E-state index contributed by atoms with van der Waals surface area (Å²) in [4.78, 5) is 26.9. The third-order valence-electron chi connectivity index (χ3n) is 5.00. The molecule has 1 heterocycles. The summed E-state index contributed by atoms with van der Waals surface area (Å²) in [7, 11) is 0. The smallest absolute Gasteiger partial charge is 0.293 e. The summed E-state index contributed by atoms with van der Waals surface area (Å²) >= 11 is 13.0. The minimum atomic E-state index is -0.309. The van der Waals surface area contributed by atoms with E-state index in [0.717, 1.165) is 28.5 Å². The van der Waals surface area contributed by atoms with Gasteiger partial charge in [0.15, 0.2) is 11.5 Å². The SMILES string of the molecule is CCOc1cc(/C=C2\SC(=O)N(Cc3ccccc3)C2=O)ccc1OCc1ccc(Cl)c(Cl)c1. The number of ether oxygens (including phenoxy) is 2. The maximum Gasteiger partial charge on any atom is 0.293 e. The lowest BCUT2D eigenvalue weighted by Gasteiger charge is -2.13. The normalized spacial score (nSPS) is 14.7. The lowest BCUT2D eigenvalue weighted by atomic mass is 10.1. The number of hydrogen-bond acceptors (Lipinski definition) is 5.